The molecular weight excluding hydrogens is 1570 g/mol. The Morgan fingerprint density at radius 2 is 0.714 bits per heavy atom. The van der Waals surface area contributed by atoms with Crippen LogP contribution in [0.3, 0.4) is 0 Å². The van der Waals surface area contributed by atoms with Gasteiger partial charge in [-0.25, -0.2) is 59.4 Å². The fourth-order valence-corrected chi connectivity index (χ4v) is 11.8. The molecule has 0 aromatic carbocycles. The standard InChI is InChI=1S/C65H82N38O16/c1-36-16-99(65(119)91-61(36)116)24-45(111)95(20-41(107)73-4-11-93(17-38(68)104)47(113)28-103-35-87-53-60(103)89-63(72)90-62(53)117)13-6-76-40(106)19-94(44(110)23-98-9-2-37(67)88-64(98)118)12-5-75-42(108)21-97(49(115)27-102-34-86-52-56(71)80-31-83-59(52)102)15-8-77-43(109)22-96(48(114)26-101-33-85-51-55(70)79-30-82-58(51)101)14-7-74-39(105)18-92(10-3-66)46(112)25-100-32-84-50-54(69)78-29-81-57(50)100/h2,9,16,29-35H,3-8,10-15,17-28,66H2,1H3,(H2,68,104)(H,73,107)(H,74,105)(H,75,108)(H,76,106)(H,77,109)(H2,67,88,118)(H2,69,78,81)(H2,70,79,82)(H2,71,80,83)(H,91,116,119)(H3,72,89,90,117). The van der Waals surface area contributed by atoms with Gasteiger partial charge in [0.2, 0.25) is 76.8 Å². The summed E-state index contributed by atoms with van der Waals surface area (Å²) in [4.78, 5) is 275. The summed E-state index contributed by atoms with van der Waals surface area (Å²) in [6, 6.07) is 1.23. The minimum absolute atomic E-state index is 0.00816. The molecule has 119 heavy (non-hydrogen) atoms. The van der Waals surface area contributed by atoms with Crippen LogP contribution < -0.4 is 89.2 Å². The second-order valence-electron chi connectivity index (χ2n) is 26.3. The number of amides is 12. The lowest BCUT2D eigenvalue weighted by molar-refractivity contribution is -0.138. The fraction of sp³-hybridized carbons (Fsp3) is 0.385. The maximum absolute atomic E-state index is 14.4. The minimum Gasteiger partial charge on any atom is -0.383 e. The number of carbonyl (C=O) groups excluding carboxylic acids is 12. The molecule has 10 rings (SSSR count). The van der Waals surface area contributed by atoms with Gasteiger partial charge >= 0.3 is 11.4 Å². The van der Waals surface area contributed by atoms with Crippen LogP contribution in [0.5, 0.6) is 0 Å². The lowest BCUT2D eigenvalue weighted by Crippen LogP contribution is -2.50. The third kappa shape index (κ3) is 22.8. The molecule has 54 nitrogen and oxygen atoms in total. The highest BCUT2D eigenvalue weighted by molar-refractivity contribution is 5.91. The van der Waals surface area contributed by atoms with Crippen molar-refractivity contribution in [3.8, 4) is 0 Å². The summed E-state index contributed by atoms with van der Waals surface area (Å²) in [6.45, 7) is -9.65. The molecule has 54 heteroatoms. The van der Waals surface area contributed by atoms with E-state index in [1.807, 2.05) is 0 Å². The quantitative estimate of drug-likeness (QED) is 0.0169. The monoisotopic (exact) mass is 1650 g/mol. The molecule has 0 atom stereocenters. The van der Waals surface area contributed by atoms with Crippen LogP contribution in [0.4, 0.5) is 29.2 Å². The Balaban J connectivity index is 0.786. The predicted octanol–water partition coefficient (Wildman–Crippen LogP) is -12.3. The third-order valence-corrected chi connectivity index (χ3v) is 17.8. The van der Waals surface area contributed by atoms with E-state index in [-0.39, 0.29) is 138 Å². The van der Waals surface area contributed by atoms with Crippen LogP contribution in [0.25, 0.3) is 44.7 Å². The van der Waals surface area contributed by atoms with Crippen molar-refractivity contribution < 1.29 is 57.5 Å². The number of aryl methyl sites for hydroxylation is 1. The molecule has 0 saturated carbocycles. The number of aromatic nitrogens is 20. The molecule has 10 heterocycles. The highest BCUT2D eigenvalue weighted by Crippen LogP contribution is 2.18. The van der Waals surface area contributed by atoms with Crippen molar-refractivity contribution >= 4 is 145 Å². The van der Waals surface area contributed by atoms with Gasteiger partial charge in [0.1, 0.15) is 80.6 Å². The zero-order valence-corrected chi connectivity index (χ0v) is 63.6. The van der Waals surface area contributed by atoms with E-state index in [4.69, 9.17) is 40.1 Å². The predicted molar refractivity (Wildman–Crippen MR) is 414 cm³/mol. The molecule has 0 aliphatic rings. The largest absolute Gasteiger partial charge is 0.383 e. The molecule has 0 fully saturated rings. The highest BCUT2D eigenvalue weighted by atomic mass is 16.2. The molecule has 0 aliphatic heterocycles. The number of nitrogens with zero attached hydrogens (tertiary/aromatic N) is 24. The number of hydrogen-bond donors (Lipinski definition) is 14. The summed E-state index contributed by atoms with van der Waals surface area (Å²) in [7, 11) is 0. The van der Waals surface area contributed by atoms with Crippen LogP contribution in [0, 0.1) is 6.92 Å². The molecule has 0 spiro atoms. The van der Waals surface area contributed by atoms with Crippen molar-refractivity contribution in [3.63, 3.8) is 0 Å². The Morgan fingerprint density at radius 1 is 0.387 bits per heavy atom. The second kappa shape index (κ2) is 39.3. The molecule has 0 saturated heterocycles. The number of nitrogen functional groups attached to an aromatic ring is 5. The van der Waals surface area contributed by atoms with Gasteiger partial charge < -0.3 is 114 Å². The maximum Gasteiger partial charge on any atom is 0.349 e. The van der Waals surface area contributed by atoms with Crippen molar-refractivity contribution in [2.75, 3.05) is 146 Å². The number of primary amides is 1. The summed E-state index contributed by atoms with van der Waals surface area (Å²) < 4.78 is 7.05. The Kier molecular flexibility index (Phi) is 28.2. The van der Waals surface area contributed by atoms with E-state index < -0.39 is 192 Å². The van der Waals surface area contributed by atoms with Crippen LogP contribution in [-0.4, -0.2) is 315 Å². The normalized spacial score (nSPS) is 11.1. The van der Waals surface area contributed by atoms with Gasteiger partial charge in [0.25, 0.3) is 11.1 Å². The number of nitrogens with two attached hydrogens (primary N) is 7. The summed E-state index contributed by atoms with van der Waals surface area (Å²) in [5.41, 5.74) is 38.3. The van der Waals surface area contributed by atoms with Crippen molar-refractivity contribution in [1.82, 2.24) is 153 Å². The molecule has 0 unspecified atom stereocenters. The van der Waals surface area contributed by atoms with E-state index in [0.717, 1.165) is 58.8 Å². The van der Waals surface area contributed by atoms with Gasteiger partial charge in [-0.15, -0.1) is 0 Å². The SMILES string of the molecule is Cc1cn(CC(=O)N(CCNC(=O)CN(CCNC(=O)CN(CCNC(=O)CN(CCNC(=O)CN(CCN)C(=O)Cn2cnc3c(N)ncnc32)C(=O)Cn2cnc3c(N)ncnc32)C(=O)Cn2cnc3c(N)ncnc32)C(=O)Cn2ccc(N)nc2=O)CC(=O)NCCN(CC(N)=O)C(=O)Cn2cnc3c(=O)[nH]c(N)nc32)c(=O)[nH]c1=O. The zero-order valence-electron chi connectivity index (χ0n) is 63.6. The number of hydrogen-bond acceptors (Lipinski definition) is 34. The molecule has 0 bridgehead atoms. The average Bonchev–Trinajstić information content (AvgIpc) is 1.70. The molecule has 10 aromatic heterocycles. The zero-order chi connectivity index (χ0) is 85.7. The number of anilines is 5. The van der Waals surface area contributed by atoms with E-state index >= 15 is 0 Å². The Bertz CT molecular complexity index is 5760. The molecule has 21 N–H and O–H groups in total. The third-order valence-electron chi connectivity index (χ3n) is 17.8. The highest BCUT2D eigenvalue weighted by Gasteiger charge is 2.28. The van der Waals surface area contributed by atoms with Crippen LogP contribution in [0.15, 0.2) is 81.9 Å². The number of H-pyrrole nitrogens is 2. The molecule has 0 aliphatic carbocycles. The lowest BCUT2D eigenvalue weighted by atomic mass is 10.3. The Morgan fingerprint density at radius 3 is 1.07 bits per heavy atom. The van der Waals surface area contributed by atoms with E-state index in [9.17, 15) is 76.7 Å². The van der Waals surface area contributed by atoms with E-state index in [1.54, 1.807) is 0 Å². The van der Waals surface area contributed by atoms with Gasteiger partial charge in [-0.05, 0) is 13.0 Å². The Hall–Kier alpha value is -15.8. The lowest BCUT2D eigenvalue weighted by Gasteiger charge is -2.26. The number of aromatic amines is 2. The van der Waals surface area contributed by atoms with Crippen molar-refractivity contribution in [2.45, 2.75) is 46.2 Å². The first-order valence-electron chi connectivity index (χ1n) is 36.0. The first kappa shape index (κ1) is 85.6. The van der Waals surface area contributed by atoms with Gasteiger partial charge in [0, 0.05) is 96.5 Å². The first-order chi connectivity index (χ1) is 56.9. The average molecular weight is 1650 g/mol. The molecule has 0 radical (unpaired) electrons. The number of carbonyl (C=O) groups is 12. The molecule has 10 aromatic rings. The van der Waals surface area contributed by atoms with Crippen LogP contribution in [0.2, 0.25) is 0 Å². The maximum atomic E-state index is 14.4. The number of imidazole rings is 4. The van der Waals surface area contributed by atoms with Gasteiger partial charge in [-0.1, -0.05) is 0 Å². The van der Waals surface area contributed by atoms with E-state index in [1.165, 1.54) is 67.7 Å². The molecular formula is C65H82N38O16. The minimum atomic E-state index is -0.979. The molecule has 628 valence electrons. The van der Waals surface area contributed by atoms with Crippen molar-refractivity contribution in [1.29, 1.82) is 0 Å². The fourth-order valence-electron chi connectivity index (χ4n) is 11.8. The van der Waals surface area contributed by atoms with Gasteiger partial charge in [-0.3, -0.25) is 86.2 Å². The van der Waals surface area contributed by atoms with Crippen LogP contribution >= 0.6 is 0 Å². The smallest absolute Gasteiger partial charge is 0.349 e. The summed E-state index contributed by atoms with van der Waals surface area (Å²) in [5.74, 6) is -9.76. The number of fused-ring (bicyclic) bond motifs is 4. The Labute approximate surface area is 667 Å². The second-order valence-corrected chi connectivity index (χ2v) is 26.3. The number of nitrogens with one attached hydrogen (secondary N) is 7. The first-order valence-corrected chi connectivity index (χ1v) is 36.0. The van der Waals surface area contributed by atoms with E-state index in [0.29, 0.717) is 0 Å². The summed E-state index contributed by atoms with van der Waals surface area (Å²) in [6.07, 6.45) is 10.8. The number of rotatable bonds is 41. The summed E-state index contributed by atoms with van der Waals surface area (Å²) in [5, 5.41) is 13.0. The van der Waals surface area contributed by atoms with Gasteiger partial charge in [0.15, 0.2) is 45.6 Å². The van der Waals surface area contributed by atoms with Gasteiger partial charge in [-0.2, -0.15) is 9.97 Å². The van der Waals surface area contributed by atoms with Gasteiger partial charge in [0.05, 0.1) is 64.6 Å². The van der Waals surface area contributed by atoms with Crippen molar-refractivity contribution in [3.05, 3.63) is 110 Å². The summed E-state index contributed by atoms with van der Waals surface area (Å²) >= 11 is 0. The van der Waals surface area contributed by atoms with Crippen LogP contribution in [-0.2, 0) is 96.8 Å². The van der Waals surface area contributed by atoms with Crippen molar-refractivity contribution in [2.24, 2.45) is 11.5 Å². The topological polar surface area (TPSA) is 751 Å². The molecule has 12 amide bonds. The van der Waals surface area contributed by atoms with E-state index in [2.05, 4.69) is 96.4 Å². The van der Waals surface area contributed by atoms with Crippen LogP contribution in [0.1, 0.15) is 5.56 Å².